The zero-order valence-electron chi connectivity index (χ0n) is 18.0. The van der Waals surface area contributed by atoms with Gasteiger partial charge in [-0.3, -0.25) is 9.59 Å². The molecule has 8 nitrogen and oxygen atoms in total. The molecule has 1 saturated heterocycles. The van der Waals surface area contributed by atoms with Crippen LogP contribution in [0.1, 0.15) is 29.1 Å². The van der Waals surface area contributed by atoms with Crippen molar-refractivity contribution in [2.45, 2.75) is 19.4 Å². The van der Waals surface area contributed by atoms with Gasteiger partial charge < -0.3 is 23.8 Å². The number of hydrogen-bond acceptors (Lipinski definition) is 5. The zero-order valence-corrected chi connectivity index (χ0v) is 18.0. The number of amides is 2. The van der Waals surface area contributed by atoms with Crippen LogP contribution in [0.3, 0.4) is 0 Å². The first-order chi connectivity index (χ1) is 16.2. The molecule has 0 radical (unpaired) electrons. The van der Waals surface area contributed by atoms with Crippen molar-refractivity contribution in [3.63, 3.8) is 0 Å². The Balaban J connectivity index is 1.14. The fourth-order valence-corrected chi connectivity index (χ4v) is 4.02. The Bertz CT molecular complexity index is 1220. The Morgan fingerprint density at radius 2 is 1.97 bits per heavy atom. The number of nitrogens with one attached hydrogen (secondary N) is 1. The van der Waals surface area contributed by atoms with Crippen molar-refractivity contribution < 1.29 is 18.7 Å². The van der Waals surface area contributed by atoms with Crippen LogP contribution in [0.4, 0.5) is 5.69 Å². The first-order valence-corrected chi connectivity index (χ1v) is 10.9. The fraction of sp³-hybridized carbons (Fsp3) is 0.240. The fourth-order valence-electron chi connectivity index (χ4n) is 4.02. The van der Waals surface area contributed by atoms with Gasteiger partial charge >= 0.3 is 0 Å². The van der Waals surface area contributed by atoms with Crippen molar-refractivity contribution in [3.8, 4) is 5.75 Å². The molecule has 0 aliphatic carbocycles. The minimum absolute atomic E-state index is 0.0439. The number of furan rings is 1. The average Bonchev–Trinajstić information content (AvgIpc) is 3.53. The van der Waals surface area contributed by atoms with Crippen molar-refractivity contribution in [1.29, 1.82) is 0 Å². The van der Waals surface area contributed by atoms with Gasteiger partial charge in [0, 0.05) is 43.2 Å². The van der Waals surface area contributed by atoms with Gasteiger partial charge in [0.2, 0.25) is 5.91 Å². The Hall–Kier alpha value is -4.07. The molecule has 1 aliphatic rings. The van der Waals surface area contributed by atoms with Crippen molar-refractivity contribution in [2.24, 2.45) is 5.92 Å². The molecule has 0 bridgehead atoms. The number of piperidine rings is 1. The monoisotopic (exact) mass is 444 g/mol. The van der Waals surface area contributed by atoms with Crippen LogP contribution in [0, 0.1) is 5.92 Å². The molecular formula is C25H24N4O4. The summed E-state index contributed by atoms with van der Waals surface area (Å²) in [6, 6.07) is 16.5. The number of likely N-dealkylation sites (tertiary alicyclic amines) is 1. The van der Waals surface area contributed by atoms with Gasteiger partial charge in [-0.05, 0) is 49.2 Å². The summed E-state index contributed by atoms with van der Waals surface area (Å²) < 4.78 is 13.0. The Morgan fingerprint density at radius 1 is 1.09 bits per heavy atom. The van der Waals surface area contributed by atoms with Gasteiger partial charge in [-0.15, -0.1) is 0 Å². The molecular weight excluding hydrogens is 420 g/mol. The molecule has 8 heteroatoms. The van der Waals surface area contributed by atoms with Crippen LogP contribution in [0.2, 0.25) is 0 Å². The number of imidazole rings is 1. The molecule has 1 aliphatic heterocycles. The van der Waals surface area contributed by atoms with E-state index in [1.54, 1.807) is 17.0 Å². The lowest BCUT2D eigenvalue weighted by atomic mass is 9.95. The lowest BCUT2D eigenvalue weighted by molar-refractivity contribution is -0.121. The second-order valence-corrected chi connectivity index (χ2v) is 8.05. The van der Waals surface area contributed by atoms with Crippen molar-refractivity contribution in [2.75, 3.05) is 18.4 Å². The third-order valence-electron chi connectivity index (χ3n) is 5.79. The summed E-state index contributed by atoms with van der Waals surface area (Å²) in [6.45, 7) is 1.39. The van der Waals surface area contributed by atoms with Gasteiger partial charge in [0.25, 0.3) is 5.91 Å². The molecule has 5 rings (SSSR count). The SMILES string of the molecule is O=C(Nc1cccc(OCc2cn3ccccc3n2)c1)C1CCN(C(=O)c2ccco2)CC1. The summed E-state index contributed by atoms with van der Waals surface area (Å²) in [5.74, 6) is 0.669. The molecule has 1 aromatic carbocycles. The smallest absolute Gasteiger partial charge is 0.289 e. The molecule has 2 amide bonds. The topological polar surface area (TPSA) is 89.1 Å². The van der Waals surface area contributed by atoms with Crippen LogP contribution < -0.4 is 10.1 Å². The van der Waals surface area contributed by atoms with E-state index in [4.69, 9.17) is 9.15 Å². The minimum atomic E-state index is -0.145. The highest BCUT2D eigenvalue weighted by atomic mass is 16.5. The van der Waals surface area contributed by atoms with E-state index in [9.17, 15) is 9.59 Å². The second kappa shape index (κ2) is 9.20. The second-order valence-electron chi connectivity index (χ2n) is 8.05. The number of ether oxygens (including phenoxy) is 1. The van der Waals surface area contributed by atoms with E-state index in [0.29, 0.717) is 49.7 Å². The zero-order chi connectivity index (χ0) is 22.6. The largest absolute Gasteiger partial charge is 0.487 e. The minimum Gasteiger partial charge on any atom is -0.487 e. The van der Waals surface area contributed by atoms with Crippen LogP contribution in [0.5, 0.6) is 5.75 Å². The van der Waals surface area contributed by atoms with E-state index in [1.807, 2.05) is 59.3 Å². The van der Waals surface area contributed by atoms with E-state index in [0.717, 1.165) is 11.3 Å². The number of carbonyl (C=O) groups excluding carboxylic acids is 2. The molecule has 1 N–H and O–H groups in total. The van der Waals surface area contributed by atoms with E-state index in [1.165, 1.54) is 6.26 Å². The Labute approximate surface area is 190 Å². The summed E-state index contributed by atoms with van der Waals surface area (Å²) in [4.78, 5) is 31.4. The standard InChI is InChI=1S/C25H24N4O4/c30-24(18-9-12-28(13-10-18)25(31)22-7-4-14-32-22)27-19-5-3-6-21(15-19)33-17-20-16-29-11-2-1-8-23(29)26-20/h1-8,11,14-16,18H,9-10,12-13,17H2,(H,27,30). The number of rotatable bonds is 6. The van der Waals surface area contributed by atoms with Crippen LogP contribution >= 0.6 is 0 Å². The Morgan fingerprint density at radius 3 is 2.76 bits per heavy atom. The molecule has 0 saturated carbocycles. The molecule has 1 fully saturated rings. The third-order valence-corrected chi connectivity index (χ3v) is 5.79. The molecule has 0 atom stereocenters. The van der Waals surface area contributed by atoms with Crippen molar-refractivity contribution >= 4 is 23.1 Å². The van der Waals surface area contributed by atoms with Crippen LogP contribution in [0.15, 0.2) is 77.7 Å². The number of anilines is 1. The van der Waals surface area contributed by atoms with Crippen LogP contribution in [0.25, 0.3) is 5.65 Å². The summed E-state index contributed by atoms with van der Waals surface area (Å²) in [5.41, 5.74) is 2.38. The number of nitrogens with zero attached hydrogens (tertiary/aromatic N) is 3. The number of pyridine rings is 1. The lowest BCUT2D eigenvalue weighted by Crippen LogP contribution is -2.41. The van der Waals surface area contributed by atoms with Gasteiger partial charge in [-0.25, -0.2) is 4.98 Å². The van der Waals surface area contributed by atoms with Gasteiger partial charge in [0.15, 0.2) is 5.76 Å². The maximum absolute atomic E-state index is 12.8. The molecule has 4 heterocycles. The van der Waals surface area contributed by atoms with Crippen LogP contribution in [-0.4, -0.2) is 39.2 Å². The first-order valence-electron chi connectivity index (χ1n) is 10.9. The highest BCUT2D eigenvalue weighted by Crippen LogP contribution is 2.23. The summed E-state index contributed by atoms with van der Waals surface area (Å²) in [7, 11) is 0. The highest BCUT2D eigenvalue weighted by Gasteiger charge is 2.28. The maximum atomic E-state index is 12.8. The van der Waals surface area contributed by atoms with Gasteiger partial charge in [-0.1, -0.05) is 12.1 Å². The summed E-state index contributed by atoms with van der Waals surface area (Å²) in [6.07, 6.45) is 6.59. The van der Waals surface area contributed by atoms with Gasteiger partial charge in [0.1, 0.15) is 18.0 Å². The quantitative estimate of drug-likeness (QED) is 0.486. The van der Waals surface area contributed by atoms with Crippen molar-refractivity contribution in [3.05, 3.63) is 84.7 Å². The molecule has 0 unspecified atom stereocenters. The first kappa shape index (κ1) is 20.8. The van der Waals surface area contributed by atoms with Gasteiger partial charge in [0.05, 0.1) is 12.0 Å². The summed E-state index contributed by atoms with van der Waals surface area (Å²) >= 11 is 0. The normalized spacial score (nSPS) is 14.4. The molecule has 3 aromatic heterocycles. The van der Waals surface area contributed by atoms with E-state index in [2.05, 4.69) is 10.3 Å². The van der Waals surface area contributed by atoms with Gasteiger partial charge in [-0.2, -0.15) is 0 Å². The molecule has 4 aromatic rings. The highest BCUT2D eigenvalue weighted by molar-refractivity contribution is 5.94. The van der Waals surface area contributed by atoms with Crippen molar-refractivity contribution in [1.82, 2.24) is 14.3 Å². The number of benzene rings is 1. The van der Waals surface area contributed by atoms with E-state index in [-0.39, 0.29) is 17.7 Å². The predicted octanol–water partition coefficient (Wildman–Crippen LogP) is 4.00. The van der Waals surface area contributed by atoms with Crippen LogP contribution in [-0.2, 0) is 11.4 Å². The Kier molecular flexibility index (Phi) is 5.80. The number of aromatic nitrogens is 2. The third kappa shape index (κ3) is 4.74. The number of carbonyl (C=O) groups is 2. The number of fused-ring (bicyclic) bond motifs is 1. The molecule has 0 spiro atoms. The van der Waals surface area contributed by atoms with E-state index < -0.39 is 0 Å². The molecule has 168 valence electrons. The van der Waals surface area contributed by atoms with E-state index >= 15 is 0 Å². The molecule has 33 heavy (non-hydrogen) atoms. The predicted molar refractivity (Wildman–Crippen MR) is 122 cm³/mol. The average molecular weight is 444 g/mol. The summed E-state index contributed by atoms with van der Waals surface area (Å²) in [5, 5.41) is 2.98. The maximum Gasteiger partial charge on any atom is 0.289 e. The number of hydrogen-bond donors (Lipinski definition) is 1. The lowest BCUT2D eigenvalue weighted by Gasteiger charge is -2.30.